The second-order valence-electron chi connectivity index (χ2n) is 4.90. The number of rotatable bonds is 6. The molecular weight excluding hydrogens is 320 g/mol. The topological polar surface area (TPSA) is 98.5 Å². The molecule has 2 aromatic carbocycles. The highest BCUT2D eigenvalue weighted by atomic mass is 32.2. The van der Waals surface area contributed by atoms with Gasteiger partial charge in [0.2, 0.25) is 10.0 Å². The summed E-state index contributed by atoms with van der Waals surface area (Å²) >= 11 is 0. The molecular formula is C15H16N2O5S. The van der Waals surface area contributed by atoms with Crippen molar-refractivity contribution >= 4 is 15.7 Å². The fourth-order valence-electron chi connectivity index (χ4n) is 1.95. The molecule has 0 saturated heterocycles. The number of sulfonamides is 1. The van der Waals surface area contributed by atoms with Crippen molar-refractivity contribution in [1.29, 1.82) is 0 Å². The molecule has 8 heteroatoms. The van der Waals surface area contributed by atoms with E-state index < -0.39 is 14.9 Å². The molecule has 0 bridgehead atoms. The van der Waals surface area contributed by atoms with E-state index in [-0.39, 0.29) is 22.9 Å². The Balaban J connectivity index is 2.25. The molecule has 2 aromatic rings. The Morgan fingerprint density at radius 3 is 2.39 bits per heavy atom. The molecule has 0 aliphatic carbocycles. The van der Waals surface area contributed by atoms with Crippen LogP contribution in [0.2, 0.25) is 0 Å². The van der Waals surface area contributed by atoms with Gasteiger partial charge in [0.1, 0.15) is 10.6 Å². The lowest BCUT2D eigenvalue weighted by Crippen LogP contribution is -2.23. The number of nitrogens with one attached hydrogen (secondary N) is 1. The van der Waals surface area contributed by atoms with Crippen LogP contribution < -0.4 is 9.46 Å². The van der Waals surface area contributed by atoms with E-state index >= 15 is 0 Å². The summed E-state index contributed by atoms with van der Waals surface area (Å²) < 4.78 is 32.2. The van der Waals surface area contributed by atoms with Crippen molar-refractivity contribution in [1.82, 2.24) is 4.72 Å². The van der Waals surface area contributed by atoms with E-state index in [2.05, 4.69) is 4.72 Å². The predicted octanol–water partition coefficient (Wildman–Crippen LogP) is 2.39. The smallest absolute Gasteiger partial charge is 0.273 e. The highest BCUT2D eigenvalue weighted by Crippen LogP contribution is 2.28. The highest BCUT2D eigenvalue weighted by Gasteiger charge is 2.22. The van der Waals surface area contributed by atoms with Crippen molar-refractivity contribution in [2.75, 3.05) is 7.11 Å². The average Bonchev–Trinajstić information content (AvgIpc) is 2.53. The van der Waals surface area contributed by atoms with E-state index in [9.17, 15) is 18.5 Å². The molecule has 0 amide bonds. The average molecular weight is 336 g/mol. The summed E-state index contributed by atoms with van der Waals surface area (Å²) in [4.78, 5) is 10.00. The molecule has 0 heterocycles. The fraction of sp³-hybridized carbons (Fsp3) is 0.200. The van der Waals surface area contributed by atoms with Gasteiger partial charge in [-0.2, -0.15) is 0 Å². The molecule has 0 radical (unpaired) electrons. The van der Waals surface area contributed by atoms with Gasteiger partial charge in [0.05, 0.1) is 18.1 Å². The first-order valence-corrected chi connectivity index (χ1v) is 8.19. The van der Waals surface area contributed by atoms with Crippen LogP contribution in [-0.4, -0.2) is 20.5 Å². The van der Waals surface area contributed by atoms with Crippen LogP contribution in [0.4, 0.5) is 5.69 Å². The van der Waals surface area contributed by atoms with Gasteiger partial charge in [-0.3, -0.25) is 10.1 Å². The number of nitro benzene ring substituents is 1. The van der Waals surface area contributed by atoms with Crippen LogP contribution >= 0.6 is 0 Å². The molecule has 0 fully saturated rings. The standard InChI is InChI=1S/C15H16N2O5S/c1-11-3-5-12(6-4-11)10-16-23(20,21)15-8-7-13(17(18)19)9-14(15)22-2/h3-9,16H,10H2,1-2H3. The first kappa shape index (κ1) is 16.9. The Kier molecular flexibility index (Phi) is 4.97. The number of hydrogen-bond donors (Lipinski definition) is 1. The van der Waals surface area contributed by atoms with Crippen LogP contribution in [0, 0.1) is 17.0 Å². The van der Waals surface area contributed by atoms with Crippen LogP contribution in [0.1, 0.15) is 11.1 Å². The Hall–Kier alpha value is -2.45. The predicted molar refractivity (Wildman–Crippen MR) is 84.9 cm³/mol. The molecule has 122 valence electrons. The summed E-state index contributed by atoms with van der Waals surface area (Å²) in [6.45, 7) is 2.05. The van der Waals surface area contributed by atoms with Gasteiger partial charge < -0.3 is 4.74 Å². The zero-order chi connectivity index (χ0) is 17.0. The maximum atomic E-state index is 12.4. The van der Waals surface area contributed by atoms with Crippen LogP contribution in [0.25, 0.3) is 0 Å². The van der Waals surface area contributed by atoms with Gasteiger partial charge in [0.25, 0.3) is 5.69 Å². The molecule has 0 aromatic heterocycles. The minimum atomic E-state index is -3.85. The van der Waals surface area contributed by atoms with Gasteiger partial charge in [-0.15, -0.1) is 0 Å². The minimum Gasteiger partial charge on any atom is -0.495 e. The zero-order valence-corrected chi connectivity index (χ0v) is 13.5. The van der Waals surface area contributed by atoms with Crippen LogP contribution in [-0.2, 0) is 16.6 Å². The number of benzene rings is 2. The molecule has 0 saturated carbocycles. The highest BCUT2D eigenvalue weighted by molar-refractivity contribution is 7.89. The summed E-state index contributed by atoms with van der Waals surface area (Å²) in [6.07, 6.45) is 0. The molecule has 0 spiro atoms. The second kappa shape index (κ2) is 6.76. The third-order valence-corrected chi connectivity index (χ3v) is 4.68. The normalized spacial score (nSPS) is 11.2. The number of non-ortho nitro benzene ring substituents is 1. The van der Waals surface area contributed by atoms with Crippen molar-refractivity contribution in [3.8, 4) is 5.75 Å². The van der Waals surface area contributed by atoms with Gasteiger partial charge in [-0.1, -0.05) is 29.8 Å². The first-order chi connectivity index (χ1) is 10.8. The van der Waals surface area contributed by atoms with E-state index in [0.29, 0.717) is 0 Å². The van der Waals surface area contributed by atoms with Crippen molar-refractivity contribution in [2.24, 2.45) is 0 Å². The Labute approximate surface area is 134 Å². The van der Waals surface area contributed by atoms with Gasteiger partial charge in [-0.05, 0) is 18.6 Å². The lowest BCUT2D eigenvalue weighted by molar-refractivity contribution is -0.385. The second-order valence-corrected chi connectivity index (χ2v) is 6.64. The van der Waals surface area contributed by atoms with E-state index in [1.54, 1.807) is 0 Å². The van der Waals surface area contributed by atoms with Crippen LogP contribution in [0.5, 0.6) is 5.75 Å². The molecule has 0 atom stereocenters. The third kappa shape index (κ3) is 4.05. The minimum absolute atomic E-state index is 0.0735. The van der Waals surface area contributed by atoms with Crippen molar-refractivity contribution in [2.45, 2.75) is 18.4 Å². The van der Waals surface area contributed by atoms with E-state index in [4.69, 9.17) is 4.74 Å². The largest absolute Gasteiger partial charge is 0.495 e. The third-order valence-electron chi connectivity index (χ3n) is 3.23. The Bertz CT molecular complexity index is 816. The zero-order valence-electron chi connectivity index (χ0n) is 12.6. The maximum Gasteiger partial charge on any atom is 0.273 e. The molecule has 23 heavy (non-hydrogen) atoms. The first-order valence-electron chi connectivity index (χ1n) is 6.71. The maximum absolute atomic E-state index is 12.4. The molecule has 2 rings (SSSR count). The molecule has 1 N–H and O–H groups in total. The van der Waals surface area contributed by atoms with Gasteiger partial charge in [0.15, 0.2) is 0 Å². The van der Waals surface area contributed by atoms with E-state index in [0.717, 1.165) is 29.3 Å². The summed E-state index contributed by atoms with van der Waals surface area (Å²) in [5.74, 6) is -0.0735. The Morgan fingerprint density at radius 2 is 1.83 bits per heavy atom. The van der Waals surface area contributed by atoms with Crippen LogP contribution in [0.15, 0.2) is 47.4 Å². The van der Waals surface area contributed by atoms with Crippen LogP contribution in [0.3, 0.4) is 0 Å². The monoisotopic (exact) mass is 336 g/mol. The van der Waals surface area contributed by atoms with E-state index in [1.807, 2.05) is 31.2 Å². The van der Waals surface area contributed by atoms with E-state index in [1.165, 1.54) is 7.11 Å². The summed E-state index contributed by atoms with van der Waals surface area (Å²) in [7, 11) is -2.59. The summed E-state index contributed by atoms with van der Waals surface area (Å²) in [6, 6.07) is 10.8. The molecule has 0 aliphatic rings. The summed E-state index contributed by atoms with van der Waals surface area (Å²) in [5.41, 5.74) is 1.65. The fourth-order valence-corrected chi connectivity index (χ4v) is 3.12. The molecule has 0 unspecified atom stereocenters. The number of nitrogens with zero attached hydrogens (tertiary/aromatic N) is 1. The van der Waals surface area contributed by atoms with Crippen molar-refractivity contribution < 1.29 is 18.1 Å². The van der Waals surface area contributed by atoms with Crippen molar-refractivity contribution in [3.63, 3.8) is 0 Å². The number of ether oxygens (including phenoxy) is 1. The van der Waals surface area contributed by atoms with Crippen molar-refractivity contribution in [3.05, 3.63) is 63.7 Å². The number of aryl methyl sites for hydroxylation is 1. The quantitative estimate of drug-likeness (QED) is 0.645. The number of methoxy groups -OCH3 is 1. The lowest BCUT2D eigenvalue weighted by atomic mass is 10.2. The van der Waals surface area contributed by atoms with Gasteiger partial charge in [0, 0.05) is 12.6 Å². The van der Waals surface area contributed by atoms with Gasteiger partial charge >= 0.3 is 0 Å². The summed E-state index contributed by atoms with van der Waals surface area (Å²) in [5, 5.41) is 10.8. The molecule has 7 nitrogen and oxygen atoms in total. The lowest BCUT2D eigenvalue weighted by Gasteiger charge is -2.10. The SMILES string of the molecule is COc1cc([N+](=O)[O-])ccc1S(=O)(=O)NCc1ccc(C)cc1. The molecule has 0 aliphatic heterocycles. The Morgan fingerprint density at radius 1 is 1.17 bits per heavy atom. The van der Waals surface area contributed by atoms with Gasteiger partial charge in [-0.25, -0.2) is 13.1 Å². The number of nitro groups is 1. The number of hydrogen-bond acceptors (Lipinski definition) is 5.